The van der Waals surface area contributed by atoms with E-state index >= 15 is 0 Å². The van der Waals surface area contributed by atoms with Crippen molar-refractivity contribution in [2.45, 2.75) is 13.5 Å². The Kier molecular flexibility index (Phi) is 4.13. The molecule has 0 aliphatic carbocycles. The molecule has 0 bridgehead atoms. The average molecular weight is 256 g/mol. The van der Waals surface area contributed by atoms with E-state index in [0.717, 1.165) is 11.3 Å². The van der Waals surface area contributed by atoms with Gasteiger partial charge in [0.15, 0.2) is 0 Å². The van der Waals surface area contributed by atoms with E-state index in [4.69, 9.17) is 4.74 Å². The number of esters is 1. The summed E-state index contributed by atoms with van der Waals surface area (Å²) >= 11 is 0. The lowest BCUT2D eigenvalue weighted by molar-refractivity contribution is 0.0601. The standard InChI is InChI=1S/C15H16N2O2/c1-11-8-9-13(15(18)19-2)14(17-11)16-10-12-6-4-3-5-7-12/h3-9H,10H2,1-2H3,(H,16,17). The molecule has 2 rings (SSSR count). The van der Waals surface area contributed by atoms with Crippen molar-refractivity contribution in [3.63, 3.8) is 0 Å². The fraction of sp³-hybridized carbons (Fsp3) is 0.200. The number of rotatable bonds is 4. The lowest BCUT2D eigenvalue weighted by atomic mass is 10.2. The van der Waals surface area contributed by atoms with Gasteiger partial charge in [-0.25, -0.2) is 9.78 Å². The molecule has 1 aromatic heterocycles. The van der Waals surface area contributed by atoms with Crippen molar-refractivity contribution in [1.82, 2.24) is 4.98 Å². The molecule has 19 heavy (non-hydrogen) atoms. The van der Waals surface area contributed by atoms with Crippen LogP contribution in [0.25, 0.3) is 0 Å². The Labute approximate surface area is 112 Å². The summed E-state index contributed by atoms with van der Waals surface area (Å²) in [6.45, 7) is 2.50. The van der Waals surface area contributed by atoms with Crippen LogP contribution in [0, 0.1) is 6.92 Å². The van der Waals surface area contributed by atoms with Gasteiger partial charge in [-0.2, -0.15) is 0 Å². The second-order valence-corrected chi connectivity index (χ2v) is 4.18. The smallest absolute Gasteiger partial charge is 0.341 e. The number of aromatic nitrogens is 1. The van der Waals surface area contributed by atoms with E-state index < -0.39 is 0 Å². The molecule has 0 spiro atoms. The highest BCUT2D eigenvalue weighted by Gasteiger charge is 2.12. The Morgan fingerprint density at radius 3 is 2.63 bits per heavy atom. The number of benzene rings is 1. The van der Waals surface area contributed by atoms with Gasteiger partial charge in [0.2, 0.25) is 0 Å². The molecular weight excluding hydrogens is 240 g/mol. The summed E-state index contributed by atoms with van der Waals surface area (Å²) < 4.78 is 4.75. The quantitative estimate of drug-likeness (QED) is 0.855. The summed E-state index contributed by atoms with van der Waals surface area (Å²) in [5.41, 5.74) is 2.42. The van der Waals surface area contributed by atoms with Crippen molar-refractivity contribution < 1.29 is 9.53 Å². The van der Waals surface area contributed by atoms with Gasteiger partial charge in [0.1, 0.15) is 11.4 Å². The Morgan fingerprint density at radius 1 is 1.21 bits per heavy atom. The monoisotopic (exact) mass is 256 g/mol. The number of ether oxygens (including phenoxy) is 1. The molecule has 0 saturated carbocycles. The molecule has 1 heterocycles. The van der Waals surface area contributed by atoms with Crippen LogP contribution >= 0.6 is 0 Å². The van der Waals surface area contributed by atoms with E-state index in [1.807, 2.05) is 37.3 Å². The van der Waals surface area contributed by atoms with Crippen molar-refractivity contribution in [3.05, 3.63) is 59.3 Å². The molecule has 0 aliphatic rings. The summed E-state index contributed by atoms with van der Waals surface area (Å²) in [6.07, 6.45) is 0. The minimum atomic E-state index is -0.386. The van der Waals surface area contributed by atoms with Gasteiger partial charge in [0.05, 0.1) is 7.11 Å². The predicted molar refractivity (Wildman–Crippen MR) is 74.1 cm³/mol. The maximum absolute atomic E-state index is 11.7. The highest BCUT2D eigenvalue weighted by Crippen LogP contribution is 2.15. The highest BCUT2D eigenvalue weighted by molar-refractivity contribution is 5.94. The van der Waals surface area contributed by atoms with Gasteiger partial charge in [-0.3, -0.25) is 0 Å². The Morgan fingerprint density at radius 2 is 1.95 bits per heavy atom. The Bertz CT molecular complexity index is 568. The second-order valence-electron chi connectivity index (χ2n) is 4.18. The van der Waals surface area contributed by atoms with Crippen LogP contribution in [0.5, 0.6) is 0 Å². The van der Waals surface area contributed by atoms with Crippen LogP contribution in [0.3, 0.4) is 0 Å². The molecule has 0 saturated heterocycles. The number of carbonyl (C=O) groups excluding carboxylic acids is 1. The molecule has 0 fully saturated rings. The normalized spacial score (nSPS) is 10.0. The summed E-state index contributed by atoms with van der Waals surface area (Å²) in [7, 11) is 1.36. The van der Waals surface area contributed by atoms with Crippen molar-refractivity contribution in [2.75, 3.05) is 12.4 Å². The Balaban J connectivity index is 2.19. The minimum Gasteiger partial charge on any atom is -0.465 e. The lowest BCUT2D eigenvalue weighted by Crippen LogP contribution is -2.10. The highest BCUT2D eigenvalue weighted by atomic mass is 16.5. The first-order chi connectivity index (χ1) is 9.20. The zero-order chi connectivity index (χ0) is 13.7. The van der Waals surface area contributed by atoms with Gasteiger partial charge in [0.25, 0.3) is 0 Å². The van der Waals surface area contributed by atoms with E-state index in [-0.39, 0.29) is 5.97 Å². The van der Waals surface area contributed by atoms with Crippen LogP contribution in [0.15, 0.2) is 42.5 Å². The van der Waals surface area contributed by atoms with E-state index in [1.54, 1.807) is 12.1 Å². The van der Waals surface area contributed by atoms with Crippen molar-refractivity contribution in [1.29, 1.82) is 0 Å². The topological polar surface area (TPSA) is 51.2 Å². The van der Waals surface area contributed by atoms with Gasteiger partial charge in [-0.1, -0.05) is 30.3 Å². The molecule has 98 valence electrons. The molecule has 1 N–H and O–H groups in total. The minimum absolute atomic E-state index is 0.386. The zero-order valence-corrected chi connectivity index (χ0v) is 11.0. The number of methoxy groups -OCH3 is 1. The number of hydrogen-bond donors (Lipinski definition) is 1. The van der Waals surface area contributed by atoms with Crippen LogP contribution in [-0.2, 0) is 11.3 Å². The third-order valence-electron chi connectivity index (χ3n) is 2.74. The van der Waals surface area contributed by atoms with Gasteiger partial charge in [0, 0.05) is 12.2 Å². The van der Waals surface area contributed by atoms with Gasteiger partial charge >= 0.3 is 5.97 Å². The van der Waals surface area contributed by atoms with Crippen LogP contribution in [0.4, 0.5) is 5.82 Å². The van der Waals surface area contributed by atoms with E-state index in [0.29, 0.717) is 17.9 Å². The summed E-state index contributed by atoms with van der Waals surface area (Å²) in [5, 5.41) is 3.17. The fourth-order valence-electron chi connectivity index (χ4n) is 1.75. The summed E-state index contributed by atoms with van der Waals surface area (Å²) in [6, 6.07) is 13.5. The van der Waals surface area contributed by atoms with Gasteiger partial charge in [-0.15, -0.1) is 0 Å². The molecule has 0 aliphatic heterocycles. The first-order valence-electron chi connectivity index (χ1n) is 6.04. The number of aryl methyl sites for hydroxylation is 1. The van der Waals surface area contributed by atoms with E-state index in [9.17, 15) is 4.79 Å². The van der Waals surface area contributed by atoms with Crippen LogP contribution in [-0.4, -0.2) is 18.1 Å². The largest absolute Gasteiger partial charge is 0.465 e. The molecule has 0 unspecified atom stereocenters. The fourth-order valence-corrected chi connectivity index (χ4v) is 1.75. The van der Waals surface area contributed by atoms with Crippen LogP contribution < -0.4 is 5.32 Å². The molecule has 1 aromatic carbocycles. The lowest BCUT2D eigenvalue weighted by Gasteiger charge is -2.10. The predicted octanol–water partition coefficient (Wildman–Crippen LogP) is 2.79. The molecule has 4 heteroatoms. The average Bonchev–Trinajstić information content (AvgIpc) is 2.45. The summed E-state index contributed by atoms with van der Waals surface area (Å²) in [5.74, 6) is 0.166. The number of nitrogens with zero attached hydrogens (tertiary/aromatic N) is 1. The molecule has 4 nitrogen and oxygen atoms in total. The van der Waals surface area contributed by atoms with Crippen LogP contribution in [0.1, 0.15) is 21.6 Å². The van der Waals surface area contributed by atoms with Gasteiger partial charge < -0.3 is 10.1 Å². The molecule has 0 atom stereocenters. The van der Waals surface area contributed by atoms with Crippen molar-refractivity contribution in [3.8, 4) is 0 Å². The molecule has 2 aromatic rings. The van der Waals surface area contributed by atoms with Gasteiger partial charge in [-0.05, 0) is 24.6 Å². The first kappa shape index (κ1) is 13.1. The molecule has 0 radical (unpaired) electrons. The number of pyridine rings is 1. The maximum atomic E-state index is 11.7. The van der Waals surface area contributed by atoms with Crippen molar-refractivity contribution >= 4 is 11.8 Å². The first-order valence-corrected chi connectivity index (χ1v) is 6.04. The number of anilines is 1. The number of hydrogen-bond acceptors (Lipinski definition) is 4. The summed E-state index contributed by atoms with van der Waals surface area (Å²) in [4.78, 5) is 16.0. The molecular formula is C15H16N2O2. The Hall–Kier alpha value is -2.36. The van der Waals surface area contributed by atoms with E-state index in [2.05, 4.69) is 10.3 Å². The second kappa shape index (κ2) is 6.00. The van der Waals surface area contributed by atoms with Crippen molar-refractivity contribution in [2.24, 2.45) is 0 Å². The number of nitrogens with one attached hydrogen (secondary N) is 1. The third kappa shape index (κ3) is 3.31. The number of carbonyl (C=O) groups is 1. The van der Waals surface area contributed by atoms with Crippen LogP contribution in [0.2, 0.25) is 0 Å². The zero-order valence-electron chi connectivity index (χ0n) is 11.0. The maximum Gasteiger partial charge on any atom is 0.341 e. The SMILES string of the molecule is COC(=O)c1ccc(C)nc1NCc1ccccc1. The third-order valence-corrected chi connectivity index (χ3v) is 2.74. The molecule has 0 amide bonds. The van der Waals surface area contributed by atoms with E-state index in [1.165, 1.54) is 7.11 Å².